The van der Waals surface area contributed by atoms with Crippen LogP contribution in [-0.4, -0.2) is 96.4 Å². The van der Waals surface area contributed by atoms with Crippen LogP contribution in [0.5, 0.6) is 6.01 Å². The molecule has 1 aromatic heterocycles. The molecule has 0 spiro atoms. The molecular weight excluding hydrogens is 572 g/mol. The van der Waals surface area contributed by atoms with Crippen molar-refractivity contribution in [3.05, 3.63) is 52.7 Å². The largest absolute Gasteiger partial charge is 0.461 e. The van der Waals surface area contributed by atoms with Gasteiger partial charge in [0.05, 0.1) is 35.3 Å². The molecular formula is C34H43ClN8O. The molecule has 1 N–H and O–H groups in total. The summed E-state index contributed by atoms with van der Waals surface area (Å²) in [6, 6.07) is 16.0. The molecule has 0 unspecified atom stereocenters. The zero-order valence-electron chi connectivity index (χ0n) is 25.9. The lowest BCUT2D eigenvalue weighted by molar-refractivity contribution is 0.0449. The second kappa shape index (κ2) is 12.3. The van der Waals surface area contributed by atoms with E-state index < -0.39 is 0 Å². The van der Waals surface area contributed by atoms with Gasteiger partial charge >= 0.3 is 6.01 Å². The molecule has 10 heteroatoms. The number of ether oxygens (including phenoxy) is 1. The molecule has 0 amide bonds. The Hall–Kier alpha value is -3.16. The fourth-order valence-corrected chi connectivity index (χ4v) is 7.61. The molecule has 1 saturated carbocycles. The van der Waals surface area contributed by atoms with Gasteiger partial charge in [0, 0.05) is 81.1 Å². The minimum absolute atomic E-state index is 0.0984. The number of nitrogens with zero attached hydrogens (tertiary/aromatic N) is 7. The van der Waals surface area contributed by atoms with Crippen LogP contribution in [0, 0.1) is 11.3 Å². The molecule has 4 heterocycles. The Morgan fingerprint density at radius 1 is 1.05 bits per heavy atom. The van der Waals surface area contributed by atoms with E-state index in [-0.39, 0.29) is 11.6 Å². The van der Waals surface area contributed by atoms with E-state index in [1.165, 1.54) is 5.56 Å². The molecule has 2 saturated heterocycles. The summed E-state index contributed by atoms with van der Waals surface area (Å²) < 4.78 is 6.55. The maximum atomic E-state index is 9.37. The Bertz CT molecular complexity index is 1540. The molecule has 232 valence electrons. The summed E-state index contributed by atoms with van der Waals surface area (Å²) in [5.74, 6) is 0.973. The SMILES string of the molecule is CC(C)N1CCN(C2(COc3nc4c(c(N5CCN[C@@H](CC#N)C5)n3)CCN(c3cccc5cccc(Cl)c35)C4)CC2)CC1. The van der Waals surface area contributed by atoms with Crippen LogP contribution < -0.4 is 19.9 Å². The fraction of sp³-hybridized carbons (Fsp3) is 0.559. The van der Waals surface area contributed by atoms with Crippen molar-refractivity contribution in [1.82, 2.24) is 25.1 Å². The van der Waals surface area contributed by atoms with Crippen LogP contribution in [0.4, 0.5) is 11.5 Å². The third-order valence-electron chi connectivity index (χ3n) is 10.1. The van der Waals surface area contributed by atoms with Gasteiger partial charge in [0.1, 0.15) is 12.4 Å². The lowest BCUT2D eigenvalue weighted by Crippen LogP contribution is -2.54. The molecule has 1 atom stereocenters. The van der Waals surface area contributed by atoms with Crippen molar-refractivity contribution in [2.45, 2.75) is 63.7 Å². The van der Waals surface area contributed by atoms with E-state index in [1.54, 1.807) is 0 Å². The van der Waals surface area contributed by atoms with Crippen molar-refractivity contribution in [1.29, 1.82) is 5.26 Å². The first kappa shape index (κ1) is 29.5. The van der Waals surface area contributed by atoms with Gasteiger partial charge in [-0.15, -0.1) is 0 Å². The fourth-order valence-electron chi connectivity index (χ4n) is 7.33. The number of hydrogen-bond acceptors (Lipinski definition) is 9. The van der Waals surface area contributed by atoms with Gasteiger partial charge in [-0.1, -0.05) is 35.9 Å². The molecule has 9 nitrogen and oxygen atoms in total. The number of nitrogens with one attached hydrogen (secondary N) is 1. The maximum absolute atomic E-state index is 9.37. The lowest BCUT2D eigenvalue weighted by atomic mass is 10.0. The highest BCUT2D eigenvalue weighted by atomic mass is 35.5. The Balaban J connectivity index is 1.17. The predicted octanol–water partition coefficient (Wildman–Crippen LogP) is 4.48. The number of hydrogen-bond donors (Lipinski definition) is 1. The van der Waals surface area contributed by atoms with E-state index in [4.69, 9.17) is 26.3 Å². The smallest absolute Gasteiger partial charge is 0.318 e. The van der Waals surface area contributed by atoms with Gasteiger partial charge in [-0.3, -0.25) is 9.80 Å². The van der Waals surface area contributed by atoms with Gasteiger partial charge in [-0.25, -0.2) is 0 Å². The van der Waals surface area contributed by atoms with E-state index in [0.717, 1.165) is 105 Å². The van der Waals surface area contributed by atoms with Gasteiger partial charge in [-0.05, 0) is 50.6 Å². The Morgan fingerprint density at radius 2 is 1.84 bits per heavy atom. The van der Waals surface area contributed by atoms with Crippen LogP contribution in [0.3, 0.4) is 0 Å². The molecule has 44 heavy (non-hydrogen) atoms. The number of fused-ring (bicyclic) bond motifs is 2. The third kappa shape index (κ3) is 5.81. The van der Waals surface area contributed by atoms with Gasteiger partial charge in [0.15, 0.2) is 0 Å². The highest BCUT2D eigenvalue weighted by molar-refractivity contribution is 6.36. The number of halogens is 1. The van der Waals surface area contributed by atoms with Crippen molar-refractivity contribution in [3.63, 3.8) is 0 Å². The molecule has 1 aliphatic carbocycles. The summed E-state index contributed by atoms with van der Waals surface area (Å²) in [5, 5.41) is 15.9. The van der Waals surface area contributed by atoms with Crippen LogP contribution >= 0.6 is 11.6 Å². The van der Waals surface area contributed by atoms with Crippen LogP contribution in [-0.2, 0) is 13.0 Å². The second-order valence-corrected chi connectivity index (χ2v) is 13.5. The Kier molecular flexibility index (Phi) is 8.27. The van der Waals surface area contributed by atoms with Crippen molar-refractivity contribution in [3.8, 4) is 12.1 Å². The summed E-state index contributed by atoms with van der Waals surface area (Å²) >= 11 is 6.74. The van der Waals surface area contributed by atoms with Crippen LogP contribution in [0.15, 0.2) is 36.4 Å². The predicted molar refractivity (Wildman–Crippen MR) is 176 cm³/mol. The normalized spacial score (nSPS) is 22.2. The van der Waals surface area contributed by atoms with E-state index in [9.17, 15) is 5.26 Å². The third-order valence-corrected chi connectivity index (χ3v) is 10.4. The highest BCUT2D eigenvalue weighted by Crippen LogP contribution is 2.43. The molecule has 3 fully saturated rings. The first-order chi connectivity index (χ1) is 21.4. The monoisotopic (exact) mass is 614 g/mol. The molecule has 3 aromatic rings. The summed E-state index contributed by atoms with van der Waals surface area (Å²) in [6.45, 7) is 13.5. The van der Waals surface area contributed by atoms with Gasteiger partial charge < -0.3 is 19.9 Å². The number of piperazine rings is 2. The van der Waals surface area contributed by atoms with Crippen molar-refractivity contribution in [2.24, 2.45) is 0 Å². The lowest BCUT2D eigenvalue weighted by Gasteiger charge is -2.41. The zero-order chi connectivity index (χ0) is 30.3. The van der Waals surface area contributed by atoms with Crippen LogP contribution in [0.2, 0.25) is 5.02 Å². The number of rotatable bonds is 8. The number of aromatic nitrogens is 2. The number of benzene rings is 2. The van der Waals surface area contributed by atoms with Crippen molar-refractivity contribution < 1.29 is 4.74 Å². The molecule has 3 aliphatic heterocycles. The molecule has 0 bridgehead atoms. The van der Waals surface area contributed by atoms with Crippen LogP contribution in [0.1, 0.15) is 44.4 Å². The van der Waals surface area contributed by atoms with Gasteiger partial charge in [0.2, 0.25) is 0 Å². The van der Waals surface area contributed by atoms with E-state index in [0.29, 0.717) is 31.6 Å². The summed E-state index contributed by atoms with van der Waals surface area (Å²) in [7, 11) is 0. The standard InChI is InChI=1S/C34H43ClN8O/c1-24(2)40-17-19-43(20-18-40)34(11-12-34)23-44-33-38-29-22-41(30-8-4-6-25-5-3-7-28(35)31(25)30)15-10-27(29)32(39-33)42-16-14-37-26(21-42)9-13-36/h3-8,24,26,37H,9-12,14-23H2,1-2H3/t26-/m0/s1. The quantitative estimate of drug-likeness (QED) is 0.395. The van der Waals surface area contributed by atoms with Crippen LogP contribution in [0.25, 0.3) is 10.8 Å². The molecule has 2 aromatic carbocycles. The summed E-state index contributed by atoms with van der Waals surface area (Å²) in [6.07, 6.45) is 3.64. The number of anilines is 2. The Morgan fingerprint density at radius 3 is 2.59 bits per heavy atom. The Labute approximate surface area is 265 Å². The minimum atomic E-state index is 0.0984. The average Bonchev–Trinajstić information content (AvgIpc) is 3.84. The first-order valence-electron chi connectivity index (χ1n) is 16.2. The maximum Gasteiger partial charge on any atom is 0.318 e. The van der Waals surface area contributed by atoms with Gasteiger partial charge in [-0.2, -0.15) is 15.2 Å². The van der Waals surface area contributed by atoms with Crippen molar-refractivity contribution in [2.75, 3.05) is 68.8 Å². The first-order valence-corrected chi connectivity index (χ1v) is 16.6. The summed E-state index contributed by atoms with van der Waals surface area (Å²) in [5.41, 5.74) is 3.45. The molecule has 7 rings (SSSR count). The molecule has 0 radical (unpaired) electrons. The van der Waals surface area contributed by atoms with E-state index >= 15 is 0 Å². The average molecular weight is 615 g/mol. The van der Waals surface area contributed by atoms with E-state index in [1.807, 2.05) is 12.1 Å². The van der Waals surface area contributed by atoms with Gasteiger partial charge in [0.25, 0.3) is 0 Å². The zero-order valence-corrected chi connectivity index (χ0v) is 26.7. The highest BCUT2D eigenvalue weighted by Gasteiger charge is 2.49. The van der Waals surface area contributed by atoms with E-state index in [2.05, 4.69) is 69.1 Å². The van der Waals surface area contributed by atoms with Crippen molar-refractivity contribution >= 4 is 33.9 Å². The summed E-state index contributed by atoms with van der Waals surface area (Å²) in [4.78, 5) is 20.1. The minimum Gasteiger partial charge on any atom is -0.461 e. The number of nitriles is 1. The molecule has 4 aliphatic rings. The second-order valence-electron chi connectivity index (χ2n) is 13.1. The topological polar surface area (TPSA) is 83.8 Å².